The first kappa shape index (κ1) is 21.6. The van der Waals surface area contributed by atoms with Crippen LogP contribution in [0, 0.1) is 12.8 Å². The molecule has 0 saturated carbocycles. The van der Waals surface area contributed by atoms with Crippen LogP contribution in [0.5, 0.6) is 0 Å². The molecule has 2 aliphatic heterocycles. The number of likely N-dealkylation sites (tertiary alicyclic amines) is 2. The van der Waals surface area contributed by atoms with E-state index in [2.05, 4.69) is 15.5 Å². The average molecular weight is 417 g/mol. The molecule has 7 heteroatoms. The van der Waals surface area contributed by atoms with Gasteiger partial charge in [-0.3, -0.25) is 9.59 Å². The molecule has 2 N–H and O–H groups in total. The largest absolute Gasteiger partial charge is 0.363 e. The maximum atomic E-state index is 13.2. The van der Waals surface area contributed by atoms with Gasteiger partial charge in [0, 0.05) is 38.3 Å². The molecule has 0 aromatic heterocycles. The van der Waals surface area contributed by atoms with Crippen molar-refractivity contribution < 1.29 is 9.59 Å². The fourth-order valence-corrected chi connectivity index (χ4v) is 4.47. The molecule has 29 heavy (non-hydrogen) atoms. The minimum absolute atomic E-state index is 0.0654. The highest BCUT2D eigenvalue weighted by atomic mass is 32.1. The van der Waals surface area contributed by atoms with Gasteiger partial charge < -0.3 is 20.4 Å². The van der Waals surface area contributed by atoms with Crippen molar-refractivity contribution in [3.63, 3.8) is 0 Å². The molecule has 0 aliphatic carbocycles. The summed E-state index contributed by atoms with van der Waals surface area (Å²) in [5.41, 5.74) is 1.70. The van der Waals surface area contributed by atoms with Crippen molar-refractivity contribution in [1.82, 2.24) is 20.4 Å². The molecule has 0 spiro atoms. The number of carbonyl (C=O) groups excluding carboxylic acids is 2. The van der Waals surface area contributed by atoms with Crippen LogP contribution < -0.4 is 10.6 Å². The van der Waals surface area contributed by atoms with Crippen LogP contribution in [0.4, 0.5) is 0 Å². The summed E-state index contributed by atoms with van der Waals surface area (Å²) in [5.74, 6) is 0.0157. The van der Waals surface area contributed by atoms with Gasteiger partial charge in [-0.05, 0) is 69.8 Å². The van der Waals surface area contributed by atoms with Gasteiger partial charge in [-0.15, -0.1) is 0 Å². The van der Waals surface area contributed by atoms with Crippen molar-refractivity contribution in [3.05, 3.63) is 35.4 Å². The first-order valence-corrected chi connectivity index (χ1v) is 11.1. The Labute approximate surface area is 179 Å². The summed E-state index contributed by atoms with van der Waals surface area (Å²) in [4.78, 5) is 30.2. The van der Waals surface area contributed by atoms with E-state index in [1.807, 2.05) is 43.0 Å². The molecular formula is C22H32N4O2S. The Kier molecular flexibility index (Phi) is 7.47. The Hall–Kier alpha value is -2.15. The Morgan fingerprint density at radius 3 is 2.28 bits per heavy atom. The molecule has 6 nitrogen and oxygen atoms in total. The maximum absolute atomic E-state index is 13.2. The van der Waals surface area contributed by atoms with E-state index in [4.69, 9.17) is 12.2 Å². The summed E-state index contributed by atoms with van der Waals surface area (Å²) < 4.78 is 0. The zero-order valence-corrected chi connectivity index (χ0v) is 18.3. The van der Waals surface area contributed by atoms with Crippen LogP contribution in [0.25, 0.3) is 0 Å². The van der Waals surface area contributed by atoms with E-state index in [1.165, 1.54) is 0 Å². The Morgan fingerprint density at radius 2 is 1.69 bits per heavy atom. The highest BCUT2D eigenvalue weighted by Gasteiger charge is 2.36. The van der Waals surface area contributed by atoms with Crippen LogP contribution in [0.2, 0.25) is 0 Å². The van der Waals surface area contributed by atoms with Gasteiger partial charge in [0.05, 0.1) is 0 Å². The van der Waals surface area contributed by atoms with Crippen molar-refractivity contribution >= 4 is 29.1 Å². The molecule has 2 amide bonds. The number of nitrogens with one attached hydrogen (secondary N) is 2. The molecule has 2 saturated heterocycles. The summed E-state index contributed by atoms with van der Waals surface area (Å²) in [7, 11) is 0. The van der Waals surface area contributed by atoms with Gasteiger partial charge in [0.15, 0.2) is 5.11 Å². The van der Waals surface area contributed by atoms with Gasteiger partial charge >= 0.3 is 0 Å². The third-order valence-corrected chi connectivity index (χ3v) is 6.31. The summed E-state index contributed by atoms with van der Waals surface area (Å²) in [5, 5.41) is 7.04. The Balaban J connectivity index is 1.70. The molecule has 0 radical (unpaired) electrons. The SMILES string of the molecule is CCNC(=S)N1CCC(C(NC(=O)c2ccc(C)cc2)C(=O)N2CCCC2)CC1. The number of benzene rings is 1. The van der Waals surface area contributed by atoms with Crippen LogP contribution in [-0.2, 0) is 4.79 Å². The molecule has 1 unspecified atom stereocenters. The Morgan fingerprint density at radius 1 is 1.07 bits per heavy atom. The van der Waals surface area contributed by atoms with E-state index in [0.29, 0.717) is 5.56 Å². The van der Waals surface area contributed by atoms with E-state index >= 15 is 0 Å². The van der Waals surface area contributed by atoms with E-state index in [-0.39, 0.29) is 17.7 Å². The minimum Gasteiger partial charge on any atom is -0.363 e. The number of hydrogen-bond acceptors (Lipinski definition) is 3. The van der Waals surface area contributed by atoms with E-state index in [1.54, 1.807) is 0 Å². The number of rotatable bonds is 5. The average Bonchev–Trinajstić information content (AvgIpc) is 3.27. The topological polar surface area (TPSA) is 64.7 Å². The lowest BCUT2D eigenvalue weighted by Crippen LogP contribution is -2.55. The van der Waals surface area contributed by atoms with Crippen molar-refractivity contribution in [2.45, 2.75) is 45.6 Å². The lowest BCUT2D eigenvalue weighted by atomic mass is 9.88. The van der Waals surface area contributed by atoms with Gasteiger partial charge in [-0.25, -0.2) is 0 Å². The normalized spacial score (nSPS) is 18.4. The second-order valence-corrected chi connectivity index (χ2v) is 8.40. The second-order valence-electron chi connectivity index (χ2n) is 8.01. The maximum Gasteiger partial charge on any atom is 0.251 e. The van der Waals surface area contributed by atoms with Crippen LogP contribution >= 0.6 is 12.2 Å². The van der Waals surface area contributed by atoms with E-state index < -0.39 is 6.04 Å². The van der Waals surface area contributed by atoms with Gasteiger partial charge in [-0.2, -0.15) is 0 Å². The number of nitrogens with zero attached hydrogens (tertiary/aromatic N) is 2. The van der Waals surface area contributed by atoms with Crippen LogP contribution in [0.1, 0.15) is 48.5 Å². The van der Waals surface area contributed by atoms with Gasteiger partial charge in [0.2, 0.25) is 5.91 Å². The van der Waals surface area contributed by atoms with Crippen molar-refractivity contribution in [1.29, 1.82) is 0 Å². The predicted molar refractivity (Wildman–Crippen MR) is 119 cm³/mol. The summed E-state index contributed by atoms with van der Waals surface area (Å²) in [6, 6.07) is 7.01. The second kappa shape index (κ2) is 10.1. The Bertz CT molecular complexity index is 723. The molecule has 3 rings (SSSR count). The number of aryl methyl sites for hydroxylation is 1. The quantitative estimate of drug-likeness (QED) is 0.722. The molecule has 1 atom stereocenters. The molecule has 2 fully saturated rings. The summed E-state index contributed by atoms with van der Waals surface area (Å²) >= 11 is 5.43. The molecule has 158 valence electrons. The number of hydrogen-bond donors (Lipinski definition) is 2. The summed E-state index contributed by atoms with van der Waals surface area (Å²) in [6.45, 7) is 8.03. The first-order chi connectivity index (χ1) is 14.0. The van der Waals surface area contributed by atoms with Crippen LogP contribution in [0.3, 0.4) is 0 Å². The molecule has 1 aromatic rings. The first-order valence-electron chi connectivity index (χ1n) is 10.7. The van der Waals surface area contributed by atoms with Crippen molar-refractivity contribution in [3.8, 4) is 0 Å². The zero-order chi connectivity index (χ0) is 20.8. The molecule has 1 aromatic carbocycles. The van der Waals surface area contributed by atoms with Crippen LogP contribution in [-0.4, -0.2) is 65.5 Å². The fraction of sp³-hybridized carbons (Fsp3) is 0.591. The van der Waals surface area contributed by atoms with E-state index in [0.717, 1.165) is 69.1 Å². The molecule has 2 heterocycles. The van der Waals surface area contributed by atoms with Gasteiger partial charge in [0.1, 0.15) is 6.04 Å². The monoisotopic (exact) mass is 416 g/mol. The lowest BCUT2D eigenvalue weighted by Gasteiger charge is -2.38. The van der Waals surface area contributed by atoms with Gasteiger partial charge in [0.25, 0.3) is 5.91 Å². The molecule has 2 aliphatic rings. The van der Waals surface area contributed by atoms with Crippen molar-refractivity contribution in [2.75, 3.05) is 32.7 Å². The predicted octanol–water partition coefficient (Wildman–Crippen LogP) is 2.32. The van der Waals surface area contributed by atoms with E-state index in [9.17, 15) is 9.59 Å². The third kappa shape index (κ3) is 5.47. The van der Waals surface area contributed by atoms with Gasteiger partial charge in [-0.1, -0.05) is 17.7 Å². The number of carbonyl (C=O) groups is 2. The van der Waals surface area contributed by atoms with Crippen LogP contribution in [0.15, 0.2) is 24.3 Å². The summed E-state index contributed by atoms with van der Waals surface area (Å²) in [6.07, 6.45) is 3.76. The third-order valence-electron chi connectivity index (χ3n) is 5.91. The molecular weight excluding hydrogens is 384 g/mol. The minimum atomic E-state index is -0.475. The fourth-order valence-electron chi connectivity index (χ4n) is 4.14. The standard InChI is InChI=1S/C22H32N4O2S/c1-3-23-22(29)26-14-10-17(11-15-26)19(21(28)25-12-4-5-13-25)24-20(27)18-8-6-16(2)7-9-18/h6-9,17,19H,3-5,10-15H2,1-2H3,(H,23,29)(H,24,27). The lowest BCUT2D eigenvalue weighted by molar-refractivity contribution is -0.134. The molecule has 0 bridgehead atoms. The highest BCUT2D eigenvalue weighted by Crippen LogP contribution is 2.24. The zero-order valence-electron chi connectivity index (χ0n) is 17.4. The number of amides is 2. The number of thiocarbonyl (C=S) groups is 1. The highest BCUT2D eigenvalue weighted by molar-refractivity contribution is 7.80. The smallest absolute Gasteiger partial charge is 0.251 e. The number of piperidine rings is 1. The van der Waals surface area contributed by atoms with Crippen molar-refractivity contribution in [2.24, 2.45) is 5.92 Å².